The number of carbonyl (C=O) groups is 2. The Balaban J connectivity index is 2.00. The number of rotatable bonds is 3. The van der Waals surface area contributed by atoms with Gasteiger partial charge < -0.3 is 20.8 Å². The highest BCUT2D eigenvalue weighted by molar-refractivity contribution is 7.21. The maximum atomic E-state index is 12.7. The first-order chi connectivity index (χ1) is 12.3. The monoisotopic (exact) mass is 391 g/mol. The van der Waals surface area contributed by atoms with Crippen molar-refractivity contribution < 1.29 is 14.3 Å². The van der Waals surface area contributed by atoms with E-state index in [4.69, 9.17) is 17.3 Å². The van der Waals surface area contributed by atoms with Crippen molar-refractivity contribution in [3.05, 3.63) is 55.6 Å². The van der Waals surface area contributed by atoms with Gasteiger partial charge in [-0.05, 0) is 30.7 Å². The highest BCUT2D eigenvalue weighted by Crippen LogP contribution is 2.34. The number of aromatic amines is 1. The number of pyridine rings is 1. The normalized spacial score (nSPS) is 10.7. The summed E-state index contributed by atoms with van der Waals surface area (Å²) < 4.78 is 4.66. The lowest BCUT2D eigenvalue weighted by atomic mass is 10.1. The molecule has 0 fully saturated rings. The van der Waals surface area contributed by atoms with Gasteiger partial charge in [0.15, 0.2) is 0 Å². The fourth-order valence-corrected chi connectivity index (χ4v) is 3.80. The van der Waals surface area contributed by atoms with Gasteiger partial charge in [-0.3, -0.25) is 9.59 Å². The fraction of sp³-hybridized carbons (Fsp3) is 0.118. The van der Waals surface area contributed by atoms with Crippen LogP contribution < -0.4 is 16.6 Å². The molecule has 3 rings (SSSR count). The second-order valence-corrected chi connectivity index (χ2v) is 6.93. The van der Waals surface area contributed by atoms with Gasteiger partial charge in [-0.2, -0.15) is 0 Å². The summed E-state index contributed by atoms with van der Waals surface area (Å²) >= 11 is 7.17. The average molecular weight is 392 g/mol. The summed E-state index contributed by atoms with van der Waals surface area (Å²) in [7, 11) is 1.26. The van der Waals surface area contributed by atoms with Crippen molar-refractivity contribution in [2.24, 2.45) is 0 Å². The molecule has 0 atom stereocenters. The van der Waals surface area contributed by atoms with Crippen LogP contribution in [-0.4, -0.2) is 24.0 Å². The molecular weight excluding hydrogens is 378 g/mol. The Morgan fingerprint density at radius 1 is 1.31 bits per heavy atom. The van der Waals surface area contributed by atoms with Gasteiger partial charge in [0.25, 0.3) is 5.91 Å². The zero-order valence-electron chi connectivity index (χ0n) is 13.8. The van der Waals surface area contributed by atoms with Crippen LogP contribution in [0.15, 0.2) is 29.1 Å². The topological polar surface area (TPSA) is 114 Å². The molecule has 2 aromatic heterocycles. The van der Waals surface area contributed by atoms with Gasteiger partial charge in [-0.25, -0.2) is 4.79 Å². The third-order valence-electron chi connectivity index (χ3n) is 3.77. The summed E-state index contributed by atoms with van der Waals surface area (Å²) in [6, 6.07) is 5.82. The predicted octanol–water partition coefficient (Wildman–Crippen LogP) is 3.17. The molecule has 0 saturated carbocycles. The van der Waals surface area contributed by atoms with Gasteiger partial charge in [0.2, 0.25) is 5.56 Å². The van der Waals surface area contributed by atoms with Gasteiger partial charge in [0, 0.05) is 11.5 Å². The highest BCUT2D eigenvalue weighted by Gasteiger charge is 2.20. The van der Waals surface area contributed by atoms with Crippen molar-refractivity contribution in [1.82, 2.24) is 4.98 Å². The van der Waals surface area contributed by atoms with Crippen molar-refractivity contribution in [3.8, 4) is 0 Å². The first kappa shape index (κ1) is 18.0. The number of fused-ring (bicyclic) bond motifs is 1. The Kier molecular flexibility index (Phi) is 4.71. The lowest BCUT2D eigenvalue weighted by Gasteiger charge is -2.08. The molecular formula is C17H14ClN3O4S. The van der Waals surface area contributed by atoms with Crippen LogP contribution in [0.1, 0.15) is 25.6 Å². The Labute approximate surface area is 156 Å². The van der Waals surface area contributed by atoms with E-state index in [2.05, 4.69) is 15.0 Å². The summed E-state index contributed by atoms with van der Waals surface area (Å²) in [5, 5.41) is 3.53. The number of esters is 1. The maximum absolute atomic E-state index is 12.7. The lowest BCUT2D eigenvalue weighted by Crippen LogP contribution is -2.13. The van der Waals surface area contributed by atoms with Crippen molar-refractivity contribution >= 4 is 56.4 Å². The van der Waals surface area contributed by atoms with Crippen LogP contribution in [0.3, 0.4) is 0 Å². The Morgan fingerprint density at radius 3 is 2.73 bits per heavy atom. The summed E-state index contributed by atoms with van der Waals surface area (Å²) in [6.07, 6.45) is 0. The molecule has 0 aliphatic carbocycles. The second-order valence-electron chi connectivity index (χ2n) is 5.51. The van der Waals surface area contributed by atoms with Crippen molar-refractivity contribution in [2.75, 3.05) is 18.2 Å². The van der Waals surface area contributed by atoms with Gasteiger partial charge >= 0.3 is 5.97 Å². The minimum absolute atomic E-state index is 0.240. The number of nitrogen functional groups attached to an aromatic ring is 1. The molecule has 0 spiro atoms. The molecule has 3 aromatic rings. The molecule has 1 aromatic carbocycles. The third-order valence-corrected chi connectivity index (χ3v) is 5.22. The molecule has 0 unspecified atom stereocenters. The molecule has 2 heterocycles. The Hall–Kier alpha value is -2.84. The molecule has 9 heteroatoms. The quantitative estimate of drug-likeness (QED) is 0.593. The molecule has 1 amide bonds. The number of hydrogen-bond acceptors (Lipinski definition) is 6. The number of H-pyrrole nitrogens is 1. The number of nitrogens with one attached hydrogen (secondary N) is 2. The van der Waals surface area contributed by atoms with Gasteiger partial charge in [-0.1, -0.05) is 11.6 Å². The zero-order chi connectivity index (χ0) is 19.0. The maximum Gasteiger partial charge on any atom is 0.337 e. The molecule has 0 saturated heterocycles. The van der Waals surface area contributed by atoms with Gasteiger partial charge in [0.05, 0.1) is 29.1 Å². The molecule has 0 bridgehead atoms. The number of nitrogens with two attached hydrogens (primary N) is 1. The number of methoxy groups -OCH3 is 1. The second kappa shape index (κ2) is 6.81. The zero-order valence-corrected chi connectivity index (χ0v) is 15.4. The minimum Gasteiger partial charge on any atom is -0.465 e. The summed E-state index contributed by atoms with van der Waals surface area (Å²) in [6.45, 7) is 1.75. The highest BCUT2D eigenvalue weighted by atomic mass is 35.5. The van der Waals surface area contributed by atoms with E-state index in [1.54, 1.807) is 6.92 Å². The van der Waals surface area contributed by atoms with E-state index in [-0.39, 0.29) is 32.4 Å². The molecule has 0 radical (unpaired) electrons. The van der Waals surface area contributed by atoms with Gasteiger partial charge in [0.1, 0.15) is 9.71 Å². The largest absolute Gasteiger partial charge is 0.465 e. The van der Waals surface area contributed by atoms with E-state index in [1.165, 1.54) is 31.4 Å². The van der Waals surface area contributed by atoms with E-state index < -0.39 is 11.9 Å². The number of halogens is 1. The number of thiophene rings is 1. The summed E-state index contributed by atoms with van der Waals surface area (Å²) in [4.78, 5) is 39.3. The smallest absolute Gasteiger partial charge is 0.337 e. The predicted molar refractivity (Wildman–Crippen MR) is 102 cm³/mol. The van der Waals surface area contributed by atoms with Crippen LogP contribution >= 0.6 is 22.9 Å². The van der Waals surface area contributed by atoms with Crippen molar-refractivity contribution in [3.63, 3.8) is 0 Å². The molecule has 4 N–H and O–H groups in total. The van der Waals surface area contributed by atoms with Gasteiger partial charge in [-0.15, -0.1) is 11.3 Å². The third kappa shape index (κ3) is 3.16. The molecule has 7 nitrogen and oxygen atoms in total. The van der Waals surface area contributed by atoms with E-state index in [0.717, 1.165) is 11.3 Å². The molecule has 134 valence electrons. The first-order valence-corrected chi connectivity index (χ1v) is 8.62. The van der Waals surface area contributed by atoms with Crippen LogP contribution in [0.2, 0.25) is 5.02 Å². The molecule has 0 aliphatic heterocycles. The Bertz CT molecular complexity index is 1100. The average Bonchev–Trinajstić information content (AvgIpc) is 2.92. The van der Waals surface area contributed by atoms with Crippen LogP contribution in [0.25, 0.3) is 10.2 Å². The molecule has 26 heavy (non-hydrogen) atoms. The van der Waals surface area contributed by atoms with E-state index in [1.807, 2.05) is 0 Å². The van der Waals surface area contributed by atoms with Crippen molar-refractivity contribution in [2.45, 2.75) is 6.92 Å². The van der Waals surface area contributed by atoms with E-state index in [9.17, 15) is 14.4 Å². The summed E-state index contributed by atoms with van der Waals surface area (Å²) in [5.41, 5.74) is 7.29. The SMILES string of the molecule is COC(=O)c1ccc(Cl)c(NC(=O)c2sc3[nH]c(=O)cc(C)c3c2N)c1. The summed E-state index contributed by atoms with van der Waals surface area (Å²) in [5.74, 6) is -1.04. The standard InChI is InChI=1S/C17H14ClN3O4S/c1-7-5-11(22)21-16-12(7)13(19)14(26-16)15(23)20-10-6-8(17(24)25-2)3-4-9(10)18/h3-6H,19H2,1-2H3,(H,20,23)(H,21,22). The minimum atomic E-state index is -0.549. The van der Waals surface area contributed by atoms with Crippen LogP contribution in [-0.2, 0) is 4.74 Å². The van der Waals surface area contributed by atoms with Crippen molar-refractivity contribution in [1.29, 1.82) is 0 Å². The number of carbonyl (C=O) groups excluding carboxylic acids is 2. The number of aryl methyl sites for hydroxylation is 1. The number of benzene rings is 1. The number of anilines is 2. The van der Waals surface area contributed by atoms with Crippen LogP contribution in [0.4, 0.5) is 11.4 Å². The number of ether oxygens (including phenoxy) is 1. The van der Waals surface area contributed by atoms with E-state index >= 15 is 0 Å². The number of aromatic nitrogens is 1. The number of amides is 1. The number of hydrogen-bond donors (Lipinski definition) is 3. The van der Waals surface area contributed by atoms with Crippen LogP contribution in [0, 0.1) is 6.92 Å². The fourth-order valence-electron chi connectivity index (χ4n) is 2.55. The molecule has 0 aliphatic rings. The van der Waals surface area contributed by atoms with E-state index in [0.29, 0.717) is 15.8 Å². The van der Waals surface area contributed by atoms with Crippen LogP contribution in [0.5, 0.6) is 0 Å². The first-order valence-electron chi connectivity index (χ1n) is 7.43. The Morgan fingerprint density at radius 2 is 2.04 bits per heavy atom. The lowest BCUT2D eigenvalue weighted by molar-refractivity contribution is 0.0600.